The van der Waals surface area contributed by atoms with Gasteiger partial charge in [0.1, 0.15) is 17.1 Å². The van der Waals surface area contributed by atoms with Crippen molar-refractivity contribution in [3.63, 3.8) is 0 Å². The number of aromatic nitrogens is 2. The lowest BCUT2D eigenvalue weighted by atomic mass is 10.2. The molecule has 0 radical (unpaired) electrons. The normalized spacial score (nSPS) is 9.95. The average Bonchev–Trinajstić information content (AvgIpc) is 2.42. The second-order valence-corrected chi connectivity index (χ2v) is 4.02. The number of hydrogen-bond acceptors (Lipinski definition) is 4. The third-order valence-corrected chi connectivity index (χ3v) is 2.74. The van der Waals surface area contributed by atoms with Crippen LogP contribution in [0.1, 0.15) is 11.4 Å². The zero-order valence-electron chi connectivity index (χ0n) is 10.8. The average molecular weight is 255 g/mol. The molecule has 0 aliphatic heterocycles. The Morgan fingerprint density at radius 2 is 2.16 bits per heavy atom. The largest absolute Gasteiger partial charge is 0.494 e. The first-order valence-electron chi connectivity index (χ1n) is 5.77. The van der Waals surface area contributed by atoms with Crippen molar-refractivity contribution in [1.29, 1.82) is 5.26 Å². The van der Waals surface area contributed by atoms with Crippen LogP contribution in [-0.4, -0.2) is 16.9 Å². The van der Waals surface area contributed by atoms with E-state index < -0.39 is 0 Å². The second kappa shape index (κ2) is 5.36. The number of benzene rings is 1. The number of methoxy groups -OCH3 is 1. The molecule has 0 amide bonds. The quantitative estimate of drug-likeness (QED) is 0.835. The minimum atomic E-state index is -0.217. The molecule has 19 heavy (non-hydrogen) atoms. The van der Waals surface area contributed by atoms with Crippen LogP contribution in [0.5, 0.6) is 5.75 Å². The molecular formula is C14H13N3O2. The molecule has 2 aromatic rings. The highest BCUT2D eigenvalue weighted by Crippen LogP contribution is 2.21. The highest BCUT2D eigenvalue weighted by molar-refractivity contribution is 5.46. The first-order valence-corrected chi connectivity index (χ1v) is 5.77. The summed E-state index contributed by atoms with van der Waals surface area (Å²) < 4.78 is 6.90. The summed E-state index contributed by atoms with van der Waals surface area (Å²) in [6.07, 6.45) is -0.00569. The molecule has 0 spiro atoms. The van der Waals surface area contributed by atoms with E-state index >= 15 is 0 Å². The number of nitriles is 1. The van der Waals surface area contributed by atoms with Gasteiger partial charge < -0.3 is 4.74 Å². The first kappa shape index (κ1) is 12.8. The molecule has 0 saturated carbocycles. The van der Waals surface area contributed by atoms with E-state index in [0.717, 1.165) is 5.69 Å². The zero-order chi connectivity index (χ0) is 13.8. The SMILES string of the molecule is COc1ccccc1-n1nc(CC#N)c(=O)cc1C. The lowest BCUT2D eigenvalue weighted by Crippen LogP contribution is -2.18. The van der Waals surface area contributed by atoms with Crippen LogP contribution in [0.3, 0.4) is 0 Å². The van der Waals surface area contributed by atoms with Crippen LogP contribution in [-0.2, 0) is 6.42 Å². The minimum Gasteiger partial charge on any atom is -0.494 e. The van der Waals surface area contributed by atoms with E-state index in [-0.39, 0.29) is 17.5 Å². The Hall–Kier alpha value is -2.61. The summed E-state index contributed by atoms with van der Waals surface area (Å²) in [7, 11) is 1.58. The van der Waals surface area contributed by atoms with Gasteiger partial charge in [0.2, 0.25) is 5.43 Å². The molecule has 0 saturated heterocycles. The van der Waals surface area contributed by atoms with E-state index in [1.54, 1.807) is 18.7 Å². The molecule has 1 aromatic heterocycles. The summed E-state index contributed by atoms with van der Waals surface area (Å²) in [5.74, 6) is 0.657. The predicted octanol–water partition coefficient (Wildman–Crippen LogP) is 1.62. The maximum Gasteiger partial charge on any atom is 0.204 e. The molecule has 1 aromatic carbocycles. The monoisotopic (exact) mass is 255 g/mol. The van der Waals surface area contributed by atoms with Gasteiger partial charge in [0.25, 0.3) is 0 Å². The van der Waals surface area contributed by atoms with Crippen LogP contribution < -0.4 is 10.2 Å². The summed E-state index contributed by atoms with van der Waals surface area (Å²) in [4.78, 5) is 11.7. The van der Waals surface area contributed by atoms with Crippen LogP contribution in [0.4, 0.5) is 0 Å². The van der Waals surface area contributed by atoms with Crippen LogP contribution in [0, 0.1) is 18.3 Å². The van der Waals surface area contributed by atoms with Crippen molar-refractivity contribution in [2.24, 2.45) is 0 Å². The van der Waals surface area contributed by atoms with Gasteiger partial charge in [0.05, 0.1) is 19.6 Å². The molecule has 5 nitrogen and oxygen atoms in total. The molecule has 1 heterocycles. The van der Waals surface area contributed by atoms with Gasteiger partial charge in [-0.15, -0.1) is 0 Å². The van der Waals surface area contributed by atoms with Gasteiger partial charge in [0.15, 0.2) is 0 Å². The topological polar surface area (TPSA) is 67.9 Å². The molecule has 0 bridgehead atoms. The lowest BCUT2D eigenvalue weighted by molar-refractivity contribution is 0.411. The molecule has 0 aliphatic rings. The van der Waals surface area contributed by atoms with Gasteiger partial charge in [-0.2, -0.15) is 10.4 Å². The lowest BCUT2D eigenvalue weighted by Gasteiger charge is -2.13. The Bertz CT molecular complexity index is 699. The minimum absolute atomic E-state index is 0.00569. The van der Waals surface area contributed by atoms with Crippen molar-refractivity contribution in [2.45, 2.75) is 13.3 Å². The Balaban J connectivity index is 2.65. The summed E-state index contributed by atoms with van der Waals surface area (Å²) in [5, 5.41) is 13.0. The molecule has 0 unspecified atom stereocenters. The van der Waals surface area contributed by atoms with Gasteiger partial charge in [-0.1, -0.05) is 12.1 Å². The first-order chi connectivity index (χ1) is 9.17. The molecular weight excluding hydrogens is 242 g/mol. The molecule has 0 aliphatic carbocycles. The maximum absolute atomic E-state index is 11.7. The van der Waals surface area contributed by atoms with Crippen molar-refractivity contribution < 1.29 is 4.74 Å². The third-order valence-electron chi connectivity index (χ3n) is 2.74. The van der Waals surface area contributed by atoms with Crippen molar-refractivity contribution >= 4 is 0 Å². The van der Waals surface area contributed by atoms with E-state index in [0.29, 0.717) is 11.4 Å². The standard InChI is InChI=1S/C14H13N3O2/c1-10-9-13(18)11(7-8-15)16-17(10)12-5-3-4-6-14(12)19-2/h3-6,9H,7H2,1-2H3. The van der Waals surface area contributed by atoms with Crippen LogP contribution >= 0.6 is 0 Å². The van der Waals surface area contributed by atoms with E-state index in [9.17, 15) is 4.79 Å². The fourth-order valence-electron chi connectivity index (χ4n) is 1.83. The van der Waals surface area contributed by atoms with Crippen molar-refractivity contribution in [2.75, 3.05) is 7.11 Å². The van der Waals surface area contributed by atoms with E-state index in [4.69, 9.17) is 10.00 Å². The predicted molar refractivity (Wildman–Crippen MR) is 70.4 cm³/mol. The molecule has 5 heteroatoms. The fraction of sp³-hybridized carbons (Fsp3) is 0.214. The maximum atomic E-state index is 11.7. The molecule has 96 valence electrons. The van der Waals surface area contributed by atoms with Crippen LogP contribution in [0.2, 0.25) is 0 Å². The van der Waals surface area contributed by atoms with Gasteiger partial charge in [-0.05, 0) is 19.1 Å². The summed E-state index contributed by atoms with van der Waals surface area (Å²) in [6, 6.07) is 10.8. The van der Waals surface area contributed by atoms with Crippen LogP contribution in [0.25, 0.3) is 5.69 Å². The van der Waals surface area contributed by atoms with Crippen molar-refractivity contribution in [3.05, 3.63) is 51.9 Å². The number of ether oxygens (including phenoxy) is 1. The number of para-hydroxylation sites is 2. The molecule has 0 atom stereocenters. The van der Waals surface area contributed by atoms with Gasteiger partial charge >= 0.3 is 0 Å². The Morgan fingerprint density at radius 3 is 2.84 bits per heavy atom. The number of aryl methyl sites for hydroxylation is 1. The summed E-state index contributed by atoms with van der Waals surface area (Å²) in [6.45, 7) is 1.79. The van der Waals surface area contributed by atoms with Gasteiger partial charge in [0, 0.05) is 11.8 Å². The zero-order valence-corrected chi connectivity index (χ0v) is 10.8. The van der Waals surface area contributed by atoms with E-state index in [2.05, 4.69) is 5.10 Å². The van der Waals surface area contributed by atoms with E-state index in [1.165, 1.54) is 6.07 Å². The van der Waals surface area contributed by atoms with Crippen molar-refractivity contribution in [3.8, 4) is 17.5 Å². The summed E-state index contributed by atoms with van der Waals surface area (Å²) in [5.41, 5.74) is 1.45. The van der Waals surface area contributed by atoms with Gasteiger partial charge in [-0.3, -0.25) is 4.79 Å². The smallest absolute Gasteiger partial charge is 0.204 e. The highest BCUT2D eigenvalue weighted by Gasteiger charge is 2.10. The number of rotatable bonds is 3. The van der Waals surface area contributed by atoms with Crippen molar-refractivity contribution in [1.82, 2.24) is 9.78 Å². The highest BCUT2D eigenvalue weighted by atomic mass is 16.5. The fourth-order valence-corrected chi connectivity index (χ4v) is 1.83. The molecule has 0 fully saturated rings. The molecule has 0 N–H and O–H groups in total. The number of nitrogens with zero attached hydrogens (tertiary/aromatic N) is 3. The summed E-state index contributed by atoms with van der Waals surface area (Å²) >= 11 is 0. The van der Waals surface area contributed by atoms with Gasteiger partial charge in [-0.25, -0.2) is 4.68 Å². The van der Waals surface area contributed by atoms with Crippen LogP contribution in [0.15, 0.2) is 35.1 Å². The third kappa shape index (κ3) is 2.47. The Labute approximate surface area is 110 Å². The van der Waals surface area contributed by atoms with E-state index in [1.807, 2.05) is 30.3 Å². The molecule has 2 rings (SSSR count). The Kier molecular flexibility index (Phi) is 3.62. The Morgan fingerprint density at radius 1 is 1.42 bits per heavy atom. The number of hydrogen-bond donors (Lipinski definition) is 0. The second-order valence-electron chi connectivity index (χ2n) is 4.02.